The highest BCUT2D eigenvalue weighted by molar-refractivity contribution is 7.15. The Morgan fingerprint density at radius 1 is 1.07 bits per heavy atom. The quantitative estimate of drug-likeness (QED) is 0.711. The van der Waals surface area contributed by atoms with Gasteiger partial charge >= 0.3 is 6.09 Å². The second kappa shape index (κ2) is 8.73. The summed E-state index contributed by atoms with van der Waals surface area (Å²) in [6.07, 6.45) is 5.46. The summed E-state index contributed by atoms with van der Waals surface area (Å²) >= 11 is 1.60. The van der Waals surface area contributed by atoms with Crippen LogP contribution in [-0.4, -0.2) is 22.6 Å². The Kier molecular flexibility index (Phi) is 6.34. The lowest BCUT2D eigenvalue weighted by Gasteiger charge is -2.19. The third-order valence-corrected chi connectivity index (χ3v) is 5.38. The minimum atomic E-state index is -0.545. The molecular formula is C21H27N3O3S. The van der Waals surface area contributed by atoms with Gasteiger partial charge in [0.15, 0.2) is 5.13 Å². The fourth-order valence-electron chi connectivity index (χ4n) is 3.06. The summed E-state index contributed by atoms with van der Waals surface area (Å²) in [5.74, 6) is -0.0863. The number of nitrogens with zero attached hydrogens (tertiary/aromatic N) is 1. The van der Waals surface area contributed by atoms with E-state index in [1.165, 1.54) is 24.1 Å². The third-order valence-electron chi connectivity index (χ3n) is 4.31. The van der Waals surface area contributed by atoms with E-state index in [-0.39, 0.29) is 12.3 Å². The molecule has 6 nitrogen and oxygen atoms in total. The zero-order valence-electron chi connectivity index (χ0n) is 16.6. The molecular weight excluding hydrogens is 374 g/mol. The summed E-state index contributed by atoms with van der Waals surface area (Å²) in [7, 11) is 0. The van der Waals surface area contributed by atoms with Crippen molar-refractivity contribution in [3.8, 4) is 0 Å². The number of carbonyl (C=O) groups excluding carboxylic acids is 2. The van der Waals surface area contributed by atoms with Gasteiger partial charge in [0.1, 0.15) is 5.60 Å². The number of fused-ring (bicyclic) bond motifs is 1. The molecule has 0 unspecified atom stereocenters. The molecule has 0 spiro atoms. The second-order valence-corrected chi connectivity index (χ2v) is 9.08. The Hall–Kier alpha value is -2.41. The summed E-state index contributed by atoms with van der Waals surface area (Å²) < 4.78 is 5.23. The minimum Gasteiger partial charge on any atom is -0.444 e. The van der Waals surface area contributed by atoms with Gasteiger partial charge in [0, 0.05) is 10.6 Å². The smallest absolute Gasteiger partial charge is 0.412 e. The average Bonchev–Trinajstić information content (AvgIpc) is 2.83. The zero-order chi connectivity index (χ0) is 20.1. The Bertz CT molecular complexity index is 814. The molecule has 2 aromatic rings. The average molecular weight is 402 g/mol. The molecule has 150 valence electrons. The number of aromatic nitrogens is 1. The predicted octanol–water partition coefficient (Wildman–Crippen LogP) is 4.94. The number of thiazole rings is 1. The van der Waals surface area contributed by atoms with Crippen LogP contribution in [-0.2, 0) is 28.8 Å². The number of hydrogen-bond donors (Lipinski definition) is 2. The first-order valence-corrected chi connectivity index (χ1v) is 10.5. The Morgan fingerprint density at radius 3 is 2.50 bits per heavy atom. The van der Waals surface area contributed by atoms with E-state index in [1.54, 1.807) is 23.5 Å². The van der Waals surface area contributed by atoms with Gasteiger partial charge < -0.3 is 10.1 Å². The highest BCUT2D eigenvalue weighted by Crippen LogP contribution is 2.29. The summed E-state index contributed by atoms with van der Waals surface area (Å²) in [4.78, 5) is 30.0. The Morgan fingerprint density at radius 2 is 1.79 bits per heavy atom. The lowest BCUT2D eigenvalue weighted by Crippen LogP contribution is -2.27. The maximum atomic E-state index is 12.3. The Balaban J connectivity index is 1.52. The molecule has 2 N–H and O–H groups in total. The van der Waals surface area contributed by atoms with Crippen LogP contribution in [0.1, 0.15) is 56.2 Å². The number of rotatable bonds is 4. The van der Waals surface area contributed by atoms with Crippen LogP contribution in [0.2, 0.25) is 0 Å². The van der Waals surface area contributed by atoms with Crippen molar-refractivity contribution in [2.24, 2.45) is 0 Å². The van der Waals surface area contributed by atoms with Crippen LogP contribution in [0, 0.1) is 0 Å². The van der Waals surface area contributed by atoms with Gasteiger partial charge in [0.25, 0.3) is 0 Å². The molecule has 28 heavy (non-hydrogen) atoms. The number of aryl methyl sites for hydroxylation is 2. The molecule has 0 saturated carbocycles. The van der Waals surface area contributed by atoms with Crippen LogP contribution in [0.5, 0.6) is 0 Å². The van der Waals surface area contributed by atoms with Crippen molar-refractivity contribution in [2.45, 2.75) is 64.9 Å². The van der Waals surface area contributed by atoms with Crippen molar-refractivity contribution >= 4 is 34.2 Å². The molecule has 1 heterocycles. The van der Waals surface area contributed by atoms with E-state index >= 15 is 0 Å². The van der Waals surface area contributed by atoms with Crippen molar-refractivity contribution in [3.63, 3.8) is 0 Å². The summed E-state index contributed by atoms with van der Waals surface area (Å²) in [5.41, 5.74) is 2.10. The number of amides is 2. The van der Waals surface area contributed by atoms with Gasteiger partial charge in [0.2, 0.25) is 5.91 Å². The molecule has 0 fully saturated rings. The third kappa shape index (κ3) is 6.05. The lowest BCUT2D eigenvalue weighted by molar-refractivity contribution is -0.115. The maximum absolute atomic E-state index is 12.3. The molecule has 1 aliphatic carbocycles. The van der Waals surface area contributed by atoms with Gasteiger partial charge in [0.05, 0.1) is 12.1 Å². The molecule has 0 atom stereocenters. The second-order valence-electron chi connectivity index (χ2n) is 8.00. The van der Waals surface area contributed by atoms with Crippen molar-refractivity contribution in [2.75, 3.05) is 10.6 Å². The van der Waals surface area contributed by atoms with Crippen molar-refractivity contribution in [1.29, 1.82) is 0 Å². The van der Waals surface area contributed by atoms with Crippen LogP contribution < -0.4 is 10.6 Å². The van der Waals surface area contributed by atoms with Crippen molar-refractivity contribution < 1.29 is 14.3 Å². The van der Waals surface area contributed by atoms with E-state index in [1.807, 2.05) is 32.9 Å². The van der Waals surface area contributed by atoms with Crippen molar-refractivity contribution in [3.05, 3.63) is 40.4 Å². The van der Waals surface area contributed by atoms with Crippen LogP contribution in [0.25, 0.3) is 0 Å². The lowest BCUT2D eigenvalue weighted by atomic mass is 10.1. The van der Waals surface area contributed by atoms with E-state index < -0.39 is 11.7 Å². The molecule has 0 saturated heterocycles. The summed E-state index contributed by atoms with van der Waals surface area (Å²) in [6, 6.07) is 7.17. The fraction of sp³-hybridized carbons (Fsp3) is 0.476. The largest absolute Gasteiger partial charge is 0.444 e. The van der Waals surface area contributed by atoms with E-state index in [2.05, 4.69) is 15.6 Å². The number of benzene rings is 1. The number of nitrogens with one attached hydrogen (secondary N) is 2. The normalized spacial score (nSPS) is 14.0. The molecule has 1 aromatic carbocycles. The van der Waals surface area contributed by atoms with Gasteiger partial charge in [-0.05, 0) is 64.2 Å². The van der Waals surface area contributed by atoms with Gasteiger partial charge in [-0.1, -0.05) is 18.6 Å². The predicted molar refractivity (Wildman–Crippen MR) is 112 cm³/mol. The number of ether oxygens (including phenoxy) is 1. The van der Waals surface area contributed by atoms with Gasteiger partial charge in [-0.25, -0.2) is 9.78 Å². The molecule has 3 rings (SSSR count). The van der Waals surface area contributed by atoms with E-state index in [4.69, 9.17) is 4.74 Å². The summed E-state index contributed by atoms with van der Waals surface area (Å²) in [6.45, 7) is 5.44. The fourth-order valence-corrected chi connectivity index (χ4v) is 4.12. The molecule has 1 aliphatic rings. The molecule has 0 aliphatic heterocycles. The highest BCUT2D eigenvalue weighted by Gasteiger charge is 2.17. The van der Waals surface area contributed by atoms with Crippen LogP contribution in [0.4, 0.5) is 15.6 Å². The minimum absolute atomic E-state index is 0.0863. The van der Waals surface area contributed by atoms with Crippen LogP contribution in [0.15, 0.2) is 24.3 Å². The first-order chi connectivity index (χ1) is 13.3. The number of hydrogen-bond acceptors (Lipinski definition) is 5. The van der Waals surface area contributed by atoms with E-state index in [0.29, 0.717) is 10.8 Å². The number of carbonyl (C=O) groups is 2. The van der Waals surface area contributed by atoms with E-state index in [9.17, 15) is 9.59 Å². The van der Waals surface area contributed by atoms with Crippen LogP contribution >= 0.6 is 11.3 Å². The first-order valence-electron chi connectivity index (χ1n) is 9.66. The molecule has 0 bridgehead atoms. The van der Waals surface area contributed by atoms with Crippen molar-refractivity contribution in [1.82, 2.24) is 4.98 Å². The standard InChI is InChI=1S/C21H27N3O3S/c1-21(2,3)27-20(26)22-15-11-9-14(10-12-15)13-18(25)24-19-23-16-7-5-4-6-8-17(16)28-19/h9-12H,4-8,13H2,1-3H3,(H,22,26)(H,23,24,25). The maximum Gasteiger partial charge on any atom is 0.412 e. The molecule has 2 amide bonds. The topological polar surface area (TPSA) is 80.3 Å². The molecule has 7 heteroatoms. The van der Waals surface area contributed by atoms with Gasteiger partial charge in [-0.3, -0.25) is 10.1 Å². The highest BCUT2D eigenvalue weighted by atomic mass is 32.1. The van der Waals surface area contributed by atoms with Gasteiger partial charge in [-0.2, -0.15) is 0 Å². The zero-order valence-corrected chi connectivity index (χ0v) is 17.4. The van der Waals surface area contributed by atoms with Gasteiger partial charge in [-0.15, -0.1) is 11.3 Å². The SMILES string of the molecule is CC(C)(C)OC(=O)Nc1ccc(CC(=O)Nc2nc3c(s2)CCCCC3)cc1. The summed E-state index contributed by atoms with van der Waals surface area (Å²) in [5, 5.41) is 6.30. The number of anilines is 2. The van der Waals surface area contributed by atoms with E-state index in [0.717, 1.165) is 24.1 Å². The molecule has 0 radical (unpaired) electrons. The first kappa shape index (κ1) is 20.3. The molecule has 1 aromatic heterocycles. The van der Waals surface area contributed by atoms with Crippen LogP contribution in [0.3, 0.4) is 0 Å². The Labute approximate surface area is 169 Å². The monoisotopic (exact) mass is 401 g/mol.